The Bertz CT molecular complexity index is 637. The maximum atomic E-state index is 11.8. The van der Waals surface area contributed by atoms with Crippen LogP contribution in [-0.2, 0) is 6.54 Å². The van der Waals surface area contributed by atoms with Gasteiger partial charge in [0.05, 0.1) is 17.7 Å². The topological polar surface area (TPSA) is 78.0 Å². The zero-order valence-electron chi connectivity index (χ0n) is 11.6. The Morgan fingerprint density at radius 2 is 2.11 bits per heavy atom. The van der Waals surface area contributed by atoms with E-state index in [0.717, 1.165) is 0 Å². The molecular weight excluding hydrogens is 262 g/mol. The van der Waals surface area contributed by atoms with Gasteiger partial charge in [-0.15, -0.1) is 11.3 Å². The molecule has 0 unspecified atom stereocenters. The second-order valence-electron chi connectivity index (χ2n) is 5.69. The molecule has 0 aromatic carbocycles. The largest absolute Gasteiger partial charge is 0.389 e. The van der Waals surface area contributed by atoms with Crippen molar-refractivity contribution in [3.05, 3.63) is 27.6 Å². The molecule has 0 saturated carbocycles. The first-order chi connectivity index (χ1) is 8.71. The van der Waals surface area contributed by atoms with Crippen LogP contribution < -0.4 is 10.9 Å². The van der Waals surface area contributed by atoms with Crippen LogP contribution in [0.3, 0.4) is 0 Å². The Balaban J connectivity index is 2.21. The molecule has 0 spiro atoms. The summed E-state index contributed by atoms with van der Waals surface area (Å²) in [6.45, 7) is 7.72. The minimum atomic E-state index is -0.875. The summed E-state index contributed by atoms with van der Waals surface area (Å²) in [6, 6.07) is 1.83. The third kappa shape index (κ3) is 2.86. The molecule has 0 aliphatic rings. The van der Waals surface area contributed by atoms with E-state index >= 15 is 0 Å². The molecule has 2 aromatic rings. The van der Waals surface area contributed by atoms with Crippen LogP contribution >= 0.6 is 11.3 Å². The van der Waals surface area contributed by atoms with Gasteiger partial charge in [0, 0.05) is 5.54 Å². The number of nitrogens with one attached hydrogen (secondary N) is 2. The van der Waals surface area contributed by atoms with Crippen molar-refractivity contribution < 1.29 is 5.11 Å². The first kappa shape index (κ1) is 14.2. The zero-order valence-corrected chi connectivity index (χ0v) is 12.4. The normalized spacial score (nSPS) is 13.1. The fourth-order valence-corrected chi connectivity index (χ4v) is 2.25. The molecule has 19 heavy (non-hydrogen) atoms. The Morgan fingerprint density at radius 3 is 2.74 bits per heavy atom. The molecule has 2 aromatic heterocycles. The van der Waals surface area contributed by atoms with Gasteiger partial charge in [-0.05, 0) is 39.1 Å². The minimum absolute atomic E-state index is 0.113. The third-order valence-corrected chi connectivity index (χ3v) is 4.49. The minimum Gasteiger partial charge on any atom is -0.389 e. The Hall–Kier alpha value is -1.24. The van der Waals surface area contributed by atoms with Gasteiger partial charge in [-0.1, -0.05) is 0 Å². The molecule has 2 rings (SSSR count). The smallest absolute Gasteiger partial charge is 0.268 e. The van der Waals surface area contributed by atoms with Gasteiger partial charge >= 0.3 is 0 Å². The molecule has 0 radical (unpaired) electrons. The van der Waals surface area contributed by atoms with Crippen molar-refractivity contribution in [3.63, 3.8) is 0 Å². The van der Waals surface area contributed by atoms with E-state index in [1.807, 2.05) is 25.3 Å². The number of H-pyrrole nitrogens is 1. The molecule has 0 amide bonds. The summed E-state index contributed by atoms with van der Waals surface area (Å²) in [4.78, 5) is 19.0. The third-order valence-electron chi connectivity index (χ3n) is 3.59. The first-order valence-corrected chi connectivity index (χ1v) is 7.02. The van der Waals surface area contributed by atoms with Gasteiger partial charge in [-0.25, -0.2) is 4.98 Å². The zero-order chi connectivity index (χ0) is 14.3. The van der Waals surface area contributed by atoms with Crippen LogP contribution in [0.15, 0.2) is 16.2 Å². The summed E-state index contributed by atoms with van der Waals surface area (Å²) in [7, 11) is 0. The average molecular weight is 281 g/mol. The Labute approximate surface area is 115 Å². The number of nitrogens with zero attached hydrogens (tertiary/aromatic N) is 1. The highest BCUT2D eigenvalue weighted by Gasteiger charge is 2.34. The fourth-order valence-electron chi connectivity index (χ4n) is 1.53. The quantitative estimate of drug-likeness (QED) is 0.796. The molecular formula is C13H19N3O2S. The standard InChI is InChI=1S/C13H19N3O2S/c1-12(2,13(3,4)18)14-7-9-15-8-5-6-19-10(8)11(17)16-9/h5-6,14,18H,7H2,1-4H3,(H,15,16,17). The van der Waals surface area contributed by atoms with E-state index in [0.29, 0.717) is 22.6 Å². The predicted molar refractivity (Wildman–Crippen MR) is 77.5 cm³/mol. The van der Waals surface area contributed by atoms with Gasteiger partial charge in [0.2, 0.25) is 0 Å². The van der Waals surface area contributed by atoms with Crippen LogP contribution in [0.1, 0.15) is 33.5 Å². The molecule has 6 heteroatoms. The predicted octanol–water partition coefficient (Wildman–Crippen LogP) is 1.62. The summed E-state index contributed by atoms with van der Waals surface area (Å²) in [5.74, 6) is 0.577. The molecule has 104 valence electrons. The number of aliphatic hydroxyl groups is 1. The van der Waals surface area contributed by atoms with E-state index in [1.54, 1.807) is 13.8 Å². The van der Waals surface area contributed by atoms with Crippen molar-refractivity contribution in [2.75, 3.05) is 0 Å². The summed E-state index contributed by atoms with van der Waals surface area (Å²) >= 11 is 1.38. The van der Waals surface area contributed by atoms with Crippen LogP contribution in [0.25, 0.3) is 10.2 Å². The van der Waals surface area contributed by atoms with E-state index in [4.69, 9.17) is 0 Å². The van der Waals surface area contributed by atoms with E-state index in [-0.39, 0.29) is 5.56 Å². The molecule has 3 N–H and O–H groups in total. The second kappa shape index (κ2) is 4.70. The lowest BCUT2D eigenvalue weighted by Crippen LogP contribution is -2.55. The van der Waals surface area contributed by atoms with Gasteiger partial charge in [0.25, 0.3) is 5.56 Å². The fraction of sp³-hybridized carbons (Fsp3) is 0.538. The van der Waals surface area contributed by atoms with Crippen LogP contribution in [-0.4, -0.2) is 26.2 Å². The lowest BCUT2D eigenvalue weighted by molar-refractivity contribution is -0.00560. The van der Waals surface area contributed by atoms with E-state index in [2.05, 4.69) is 15.3 Å². The van der Waals surface area contributed by atoms with Crippen LogP contribution in [0, 0.1) is 0 Å². The second-order valence-corrected chi connectivity index (χ2v) is 6.60. The summed E-state index contributed by atoms with van der Waals surface area (Å²) in [5, 5.41) is 15.1. The Morgan fingerprint density at radius 1 is 1.42 bits per heavy atom. The van der Waals surface area contributed by atoms with Crippen LogP contribution in [0.4, 0.5) is 0 Å². The lowest BCUT2D eigenvalue weighted by Gasteiger charge is -2.38. The van der Waals surface area contributed by atoms with Crippen molar-refractivity contribution in [2.45, 2.75) is 45.4 Å². The number of rotatable bonds is 4. The van der Waals surface area contributed by atoms with Gasteiger partial charge in [0.1, 0.15) is 10.5 Å². The van der Waals surface area contributed by atoms with E-state index in [9.17, 15) is 9.90 Å². The molecule has 0 atom stereocenters. The van der Waals surface area contributed by atoms with Crippen molar-refractivity contribution in [3.8, 4) is 0 Å². The van der Waals surface area contributed by atoms with Crippen LogP contribution in [0.2, 0.25) is 0 Å². The van der Waals surface area contributed by atoms with Crippen molar-refractivity contribution in [2.24, 2.45) is 0 Å². The molecule has 0 aliphatic heterocycles. The highest BCUT2D eigenvalue weighted by Crippen LogP contribution is 2.21. The maximum absolute atomic E-state index is 11.8. The molecule has 0 saturated heterocycles. The number of hydrogen-bond donors (Lipinski definition) is 3. The summed E-state index contributed by atoms with van der Waals surface area (Å²) < 4.78 is 0.644. The molecule has 5 nitrogen and oxygen atoms in total. The summed E-state index contributed by atoms with van der Waals surface area (Å²) in [6.07, 6.45) is 0. The van der Waals surface area contributed by atoms with Crippen molar-refractivity contribution in [1.82, 2.24) is 15.3 Å². The summed E-state index contributed by atoms with van der Waals surface area (Å²) in [5.41, 5.74) is -0.765. The highest BCUT2D eigenvalue weighted by molar-refractivity contribution is 7.17. The van der Waals surface area contributed by atoms with Crippen LogP contribution in [0.5, 0.6) is 0 Å². The number of aromatic nitrogens is 2. The number of hydrogen-bond acceptors (Lipinski definition) is 5. The molecule has 0 bridgehead atoms. The average Bonchev–Trinajstić information content (AvgIpc) is 2.73. The number of aromatic amines is 1. The Kier molecular flexibility index (Phi) is 3.51. The van der Waals surface area contributed by atoms with Gasteiger partial charge in [-0.2, -0.15) is 0 Å². The lowest BCUT2D eigenvalue weighted by atomic mass is 9.86. The monoisotopic (exact) mass is 281 g/mol. The van der Waals surface area contributed by atoms with Crippen molar-refractivity contribution >= 4 is 21.6 Å². The van der Waals surface area contributed by atoms with E-state index < -0.39 is 11.1 Å². The SMILES string of the molecule is CC(C)(O)C(C)(C)NCc1nc2ccsc2c(=O)[nH]1. The van der Waals surface area contributed by atoms with E-state index in [1.165, 1.54) is 11.3 Å². The number of thiophene rings is 1. The first-order valence-electron chi connectivity index (χ1n) is 6.14. The highest BCUT2D eigenvalue weighted by atomic mass is 32.1. The van der Waals surface area contributed by atoms with Crippen molar-refractivity contribution in [1.29, 1.82) is 0 Å². The molecule has 0 fully saturated rings. The molecule has 0 aliphatic carbocycles. The van der Waals surface area contributed by atoms with Gasteiger partial charge < -0.3 is 15.4 Å². The number of fused-ring (bicyclic) bond motifs is 1. The molecule has 2 heterocycles. The maximum Gasteiger partial charge on any atom is 0.268 e. The van der Waals surface area contributed by atoms with Gasteiger partial charge in [0.15, 0.2) is 0 Å². The van der Waals surface area contributed by atoms with Gasteiger partial charge in [-0.3, -0.25) is 4.79 Å².